The van der Waals surface area contributed by atoms with Crippen molar-refractivity contribution in [1.29, 1.82) is 0 Å². The monoisotopic (exact) mass is 329 g/mol. The molecule has 3 rings (SSSR count). The van der Waals surface area contributed by atoms with Crippen LogP contribution in [0.25, 0.3) is 5.69 Å². The molecule has 0 fully saturated rings. The summed E-state index contributed by atoms with van der Waals surface area (Å²) in [6.07, 6.45) is 1.69. The van der Waals surface area contributed by atoms with Gasteiger partial charge in [0.25, 0.3) is 0 Å². The number of hydrogen-bond acceptors (Lipinski definition) is 4. The lowest BCUT2D eigenvalue weighted by Crippen LogP contribution is -1.98. The molecule has 3 aromatic rings. The highest BCUT2D eigenvalue weighted by Crippen LogP contribution is 2.29. The highest BCUT2D eigenvalue weighted by Gasteiger charge is 2.11. The molecule has 118 valence electrons. The van der Waals surface area contributed by atoms with E-state index in [-0.39, 0.29) is 5.82 Å². The second-order valence-corrected chi connectivity index (χ2v) is 5.96. The SMILES string of the molecule is COc1ccc(F)cc1CSc1nncn1-c1ccccc1C. The normalized spacial score (nSPS) is 10.7. The van der Waals surface area contributed by atoms with E-state index in [0.29, 0.717) is 11.5 Å². The van der Waals surface area contributed by atoms with E-state index >= 15 is 0 Å². The number of aromatic nitrogens is 3. The number of nitrogens with zero attached hydrogens (tertiary/aromatic N) is 3. The minimum atomic E-state index is -0.276. The van der Waals surface area contributed by atoms with Crippen molar-refractivity contribution >= 4 is 11.8 Å². The van der Waals surface area contributed by atoms with Gasteiger partial charge in [-0.25, -0.2) is 4.39 Å². The first kappa shape index (κ1) is 15.6. The highest BCUT2D eigenvalue weighted by atomic mass is 32.2. The molecule has 23 heavy (non-hydrogen) atoms. The maximum absolute atomic E-state index is 13.4. The zero-order chi connectivity index (χ0) is 16.2. The van der Waals surface area contributed by atoms with Crippen LogP contribution < -0.4 is 4.74 Å². The Hall–Kier alpha value is -2.34. The van der Waals surface area contributed by atoms with E-state index in [2.05, 4.69) is 10.2 Å². The fourth-order valence-electron chi connectivity index (χ4n) is 2.32. The Kier molecular flexibility index (Phi) is 4.62. The van der Waals surface area contributed by atoms with Crippen LogP contribution in [-0.4, -0.2) is 21.9 Å². The standard InChI is InChI=1S/C17H16FN3OS/c1-12-5-3-4-6-15(12)21-11-19-20-17(21)23-10-13-9-14(18)7-8-16(13)22-2/h3-9,11H,10H2,1-2H3. The summed E-state index contributed by atoms with van der Waals surface area (Å²) in [5.41, 5.74) is 2.96. The summed E-state index contributed by atoms with van der Waals surface area (Å²) in [6.45, 7) is 2.04. The van der Waals surface area contributed by atoms with Gasteiger partial charge in [-0.2, -0.15) is 0 Å². The molecule has 0 N–H and O–H groups in total. The van der Waals surface area contributed by atoms with Crippen LogP contribution in [0.1, 0.15) is 11.1 Å². The Morgan fingerprint density at radius 2 is 2.04 bits per heavy atom. The molecule has 1 heterocycles. The number of benzene rings is 2. The van der Waals surface area contributed by atoms with Crippen molar-refractivity contribution in [3.05, 3.63) is 65.7 Å². The maximum Gasteiger partial charge on any atom is 0.195 e. The topological polar surface area (TPSA) is 39.9 Å². The number of aryl methyl sites for hydroxylation is 1. The quantitative estimate of drug-likeness (QED) is 0.663. The third kappa shape index (κ3) is 3.37. The predicted octanol–water partition coefficient (Wildman–Crippen LogP) is 4.02. The van der Waals surface area contributed by atoms with Crippen LogP contribution in [0.15, 0.2) is 53.9 Å². The third-order valence-electron chi connectivity index (χ3n) is 3.49. The average Bonchev–Trinajstić information content (AvgIpc) is 3.02. The van der Waals surface area contributed by atoms with Crippen molar-refractivity contribution in [3.63, 3.8) is 0 Å². The van der Waals surface area contributed by atoms with Crippen LogP contribution in [0.3, 0.4) is 0 Å². The van der Waals surface area contributed by atoms with Gasteiger partial charge in [0.1, 0.15) is 17.9 Å². The van der Waals surface area contributed by atoms with Crippen LogP contribution in [0, 0.1) is 12.7 Å². The van der Waals surface area contributed by atoms with Gasteiger partial charge in [-0.15, -0.1) is 10.2 Å². The van der Waals surface area contributed by atoms with Crippen LogP contribution in [0.5, 0.6) is 5.75 Å². The molecule has 0 unspecified atom stereocenters. The lowest BCUT2D eigenvalue weighted by atomic mass is 10.2. The molecule has 0 radical (unpaired) electrons. The minimum Gasteiger partial charge on any atom is -0.496 e. The molecule has 0 amide bonds. The van der Waals surface area contributed by atoms with Crippen molar-refractivity contribution in [1.82, 2.24) is 14.8 Å². The molecule has 2 aromatic carbocycles. The van der Waals surface area contributed by atoms with E-state index < -0.39 is 0 Å². The summed E-state index contributed by atoms with van der Waals surface area (Å²) in [5, 5.41) is 8.92. The molecule has 0 saturated heterocycles. The van der Waals surface area contributed by atoms with Gasteiger partial charge < -0.3 is 4.74 Å². The molecular weight excluding hydrogens is 313 g/mol. The summed E-state index contributed by atoms with van der Waals surface area (Å²) < 4.78 is 20.7. The van der Waals surface area contributed by atoms with E-state index in [9.17, 15) is 4.39 Å². The van der Waals surface area contributed by atoms with E-state index in [1.807, 2.05) is 35.8 Å². The van der Waals surface area contributed by atoms with Gasteiger partial charge in [-0.05, 0) is 36.8 Å². The van der Waals surface area contributed by atoms with Gasteiger partial charge in [0, 0.05) is 11.3 Å². The Labute approximate surface area is 138 Å². The molecule has 0 bridgehead atoms. The number of thioether (sulfide) groups is 1. The van der Waals surface area contributed by atoms with Crippen molar-refractivity contribution in [2.75, 3.05) is 7.11 Å². The first-order valence-corrected chi connectivity index (χ1v) is 8.09. The smallest absolute Gasteiger partial charge is 0.195 e. The summed E-state index contributed by atoms with van der Waals surface area (Å²) in [5.74, 6) is 0.938. The van der Waals surface area contributed by atoms with Crippen molar-refractivity contribution < 1.29 is 9.13 Å². The highest BCUT2D eigenvalue weighted by molar-refractivity contribution is 7.98. The van der Waals surface area contributed by atoms with E-state index in [1.165, 1.54) is 23.9 Å². The summed E-state index contributed by atoms with van der Waals surface area (Å²) in [6, 6.07) is 12.5. The lowest BCUT2D eigenvalue weighted by molar-refractivity contribution is 0.410. The number of ether oxygens (including phenoxy) is 1. The zero-order valence-electron chi connectivity index (χ0n) is 12.9. The van der Waals surface area contributed by atoms with E-state index in [4.69, 9.17) is 4.74 Å². The molecule has 0 spiro atoms. The molecule has 0 aliphatic heterocycles. The minimum absolute atomic E-state index is 0.276. The number of rotatable bonds is 5. The lowest BCUT2D eigenvalue weighted by Gasteiger charge is -2.10. The third-order valence-corrected chi connectivity index (χ3v) is 4.48. The second kappa shape index (κ2) is 6.83. The fourth-order valence-corrected chi connectivity index (χ4v) is 3.22. The number of hydrogen-bond donors (Lipinski definition) is 0. The molecule has 6 heteroatoms. The predicted molar refractivity (Wildman–Crippen MR) is 88.6 cm³/mol. The van der Waals surface area contributed by atoms with Crippen LogP contribution in [-0.2, 0) is 5.75 Å². The number of halogens is 1. The van der Waals surface area contributed by atoms with E-state index in [1.54, 1.807) is 19.5 Å². The van der Waals surface area contributed by atoms with Gasteiger partial charge in [0.2, 0.25) is 0 Å². The number of para-hydroxylation sites is 1. The van der Waals surface area contributed by atoms with Gasteiger partial charge >= 0.3 is 0 Å². The van der Waals surface area contributed by atoms with Gasteiger partial charge in [0.15, 0.2) is 5.16 Å². The van der Waals surface area contributed by atoms with E-state index in [0.717, 1.165) is 22.0 Å². The molecular formula is C17H16FN3OS. The first-order chi connectivity index (χ1) is 11.2. The molecule has 1 aromatic heterocycles. The molecule has 0 aliphatic carbocycles. The average molecular weight is 329 g/mol. The Bertz CT molecular complexity index is 819. The number of methoxy groups -OCH3 is 1. The van der Waals surface area contributed by atoms with Gasteiger partial charge in [-0.1, -0.05) is 30.0 Å². The largest absolute Gasteiger partial charge is 0.496 e. The van der Waals surface area contributed by atoms with Crippen molar-refractivity contribution in [2.45, 2.75) is 17.8 Å². The second-order valence-electron chi connectivity index (χ2n) is 5.01. The first-order valence-electron chi connectivity index (χ1n) is 7.10. The van der Waals surface area contributed by atoms with Crippen LogP contribution in [0.4, 0.5) is 4.39 Å². The van der Waals surface area contributed by atoms with Crippen molar-refractivity contribution in [3.8, 4) is 11.4 Å². The van der Waals surface area contributed by atoms with Gasteiger partial charge in [-0.3, -0.25) is 4.57 Å². The van der Waals surface area contributed by atoms with Crippen LogP contribution >= 0.6 is 11.8 Å². The molecule has 0 aliphatic rings. The Morgan fingerprint density at radius 3 is 2.83 bits per heavy atom. The fraction of sp³-hybridized carbons (Fsp3) is 0.176. The van der Waals surface area contributed by atoms with Crippen LogP contribution in [0.2, 0.25) is 0 Å². The summed E-state index contributed by atoms with van der Waals surface area (Å²) in [4.78, 5) is 0. The van der Waals surface area contributed by atoms with Gasteiger partial charge in [0.05, 0.1) is 12.8 Å². The Balaban J connectivity index is 1.85. The molecule has 4 nitrogen and oxygen atoms in total. The zero-order valence-corrected chi connectivity index (χ0v) is 13.7. The van der Waals surface area contributed by atoms with Crippen molar-refractivity contribution in [2.24, 2.45) is 0 Å². The maximum atomic E-state index is 13.4. The molecule has 0 saturated carbocycles. The Morgan fingerprint density at radius 1 is 1.22 bits per heavy atom. The summed E-state index contributed by atoms with van der Waals surface area (Å²) in [7, 11) is 1.58. The molecule has 0 atom stereocenters. The summed E-state index contributed by atoms with van der Waals surface area (Å²) >= 11 is 1.49.